The number of hydrogen-bond donors (Lipinski definition) is 3. The summed E-state index contributed by atoms with van der Waals surface area (Å²) in [5.41, 5.74) is 5.73. The third kappa shape index (κ3) is 4.19. The van der Waals surface area contributed by atoms with Crippen molar-refractivity contribution in [1.82, 2.24) is 4.37 Å². The highest BCUT2D eigenvalue weighted by Crippen LogP contribution is 2.34. The molecule has 0 unspecified atom stereocenters. The van der Waals surface area contributed by atoms with E-state index in [4.69, 9.17) is 10.8 Å². The van der Waals surface area contributed by atoms with E-state index in [1.807, 2.05) is 6.26 Å². The number of aromatic nitrogens is 1. The van der Waals surface area contributed by atoms with Crippen molar-refractivity contribution in [3.8, 4) is 0 Å². The minimum atomic E-state index is 0.301. The highest BCUT2D eigenvalue weighted by molar-refractivity contribution is 7.99. The van der Waals surface area contributed by atoms with Crippen LogP contribution in [0.3, 0.4) is 0 Å². The summed E-state index contributed by atoms with van der Waals surface area (Å²) >= 11 is 3.05. The third-order valence-corrected chi connectivity index (χ3v) is 4.02. The summed E-state index contributed by atoms with van der Waals surface area (Å²) in [4.78, 5) is 1.06. The summed E-state index contributed by atoms with van der Waals surface area (Å²) in [5, 5.41) is 13.1. The van der Waals surface area contributed by atoms with Crippen LogP contribution in [0.25, 0.3) is 0 Å². The Balaban J connectivity index is 2.21. The molecular weight excluding hydrogens is 242 g/mol. The largest absolute Gasteiger partial charge is 0.396 e. The van der Waals surface area contributed by atoms with E-state index in [1.165, 1.54) is 11.5 Å². The third-order valence-electron chi connectivity index (χ3n) is 2.25. The van der Waals surface area contributed by atoms with Crippen LogP contribution in [0.4, 0.5) is 10.8 Å². The Bertz CT molecular complexity index is 304. The molecule has 0 aliphatic heterocycles. The maximum Gasteiger partial charge on any atom is 0.153 e. The highest BCUT2D eigenvalue weighted by Gasteiger charge is 2.08. The molecule has 0 radical (unpaired) electrons. The van der Waals surface area contributed by atoms with E-state index in [2.05, 4.69) is 9.69 Å². The molecule has 0 amide bonds. The maximum atomic E-state index is 8.63. The summed E-state index contributed by atoms with van der Waals surface area (Å²) in [6.07, 6.45) is 6.27. The van der Waals surface area contributed by atoms with Gasteiger partial charge in [-0.3, -0.25) is 0 Å². The second-order valence-corrected chi connectivity index (χ2v) is 5.08. The number of anilines is 2. The van der Waals surface area contributed by atoms with Crippen LogP contribution < -0.4 is 11.1 Å². The van der Waals surface area contributed by atoms with Crippen LogP contribution in [-0.4, -0.2) is 28.9 Å². The summed E-state index contributed by atoms with van der Waals surface area (Å²) in [5.74, 6) is 0.625. The van der Waals surface area contributed by atoms with Crippen molar-refractivity contribution in [2.24, 2.45) is 0 Å². The lowest BCUT2D eigenvalue weighted by Crippen LogP contribution is -2.01. The van der Waals surface area contributed by atoms with Gasteiger partial charge in [-0.1, -0.05) is 12.8 Å². The van der Waals surface area contributed by atoms with Gasteiger partial charge in [-0.2, -0.15) is 4.37 Å². The molecule has 1 heterocycles. The topological polar surface area (TPSA) is 71.2 Å². The smallest absolute Gasteiger partial charge is 0.153 e. The average Bonchev–Trinajstić information content (AvgIpc) is 2.64. The predicted molar refractivity (Wildman–Crippen MR) is 72.4 cm³/mol. The molecule has 4 N–H and O–H groups in total. The SMILES string of the molecule is CSc1c(N)nsc1NCCCCCCO. The van der Waals surface area contributed by atoms with Gasteiger partial charge >= 0.3 is 0 Å². The first-order chi connectivity index (χ1) is 7.79. The van der Waals surface area contributed by atoms with Crippen molar-refractivity contribution in [2.75, 3.05) is 30.5 Å². The zero-order chi connectivity index (χ0) is 11.8. The molecule has 92 valence electrons. The quantitative estimate of drug-likeness (QED) is 0.495. The van der Waals surface area contributed by atoms with Gasteiger partial charge in [0.25, 0.3) is 0 Å². The van der Waals surface area contributed by atoms with Gasteiger partial charge < -0.3 is 16.2 Å². The molecule has 0 saturated heterocycles. The van der Waals surface area contributed by atoms with E-state index in [0.717, 1.165) is 42.1 Å². The molecule has 0 fully saturated rings. The Hall–Kier alpha value is -0.460. The minimum Gasteiger partial charge on any atom is -0.396 e. The van der Waals surface area contributed by atoms with Crippen molar-refractivity contribution in [1.29, 1.82) is 0 Å². The van der Waals surface area contributed by atoms with Gasteiger partial charge in [0.15, 0.2) is 5.82 Å². The number of aliphatic hydroxyl groups excluding tert-OH is 1. The summed E-state index contributed by atoms with van der Waals surface area (Å²) in [7, 11) is 0. The van der Waals surface area contributed by atoms with Gasteiger partial charge in [0.05, 0.1) is 4.90 Å². The molecule has 1 aromatic heterocycles. The van der Waals surface area contributed by atoms with Gasteiger partial charge in [0.2, 0.25) is 0 Å². The number of rotatable bonds is 8. The molecule has 0 aliphatic rings. The molecular formula is C10H19N3OS2. The molecule has 1 rings (SSSR count). The lowest BCUT2D eigenvalue weighted by Gasteiger charge is -2.04. The summed E-state index contributed by atoms with van der Waals surface area (Å²) in [6, 6.07) is 0. The van der Waals surface area contributed by atoms with Gasteiger partial charge in [0, 0.05) is 13.2 Å². The lowest BCUT2D eigenvalue weighted by atomic mass is 10.2. The molecule has 1 aromatic rings. The standard InChI is InChI=1S/C10H19N3OS2/c1-15-8-9(11)13-16-10(8)12-6-4-2-3-5-7-14/h12,14H,2-7H2,1H3,(H2,11,13). The zero-order valence-electron chi connectivity index (χ0n) is 9.53. The molecule has 0 saturated carbocycles. The van der Waals surface area contributed by atoms with Gasteiger partial charge in [0.1, 0.15) is 5.00 Å². The van der Waals surface area contributed by atoms with Gasteiger partial charge in [-0.25, -0.2) is 0 Å². The number of aliphatic hydroxyl groups is 1. The van der Waals surface area contributed by atoms with Crippen LogP contribution in [0.5, 0.6) is 0 Å². The zero-order valence-corrected chi connectivity index (χ0v) is 11.2. The van der Waals surface area contributed by atoms with Crippen LogP contribution in [0.2, 0.25) is 0 Å². The van der Waals surface area contributed by atoms with Crippen molar-refractivity contribution in [3.05, 3.63) is 0 Å². The Kier molecular flexibility index (Phi) is 6.59. The first-order valence-corrected chi connectivity index (χ1v) is 7.43. The monoisotopic (exact) mass is 261 g/mol. The number of thioether (sulfide) groups is 1. The summed E-state index contributed by atoms with van der Waals surface area (Å²) < 4.78 is 4.12. The predicted octanol–water partition coefficient (Wildman–Crippen LogP) is 2.41. The molecule has 6 heteroatoms. The normalized spacial score (nSPS) is 10.6. The van der Waals surface area contributed by atoms with E-state index >= 15 is 0 Å². The number of nitrogen functional groups attached to an aromatic ring is 1. The molecule has 0 spiro atoms. The van der Waals surface area contributed by atoms with Gasteiger partial charge in [-0.15, -0.1) is 11.8 Å². The lowest BCUT2D eigenvalue weighted by molar-refractivity contribution is 0.283. The number of unbranched alkanes of at least 4 members (excludes halogenated alkanes) is 3. The second kappa shape index (κ2) is 7.76. The molecule has 0 aromatic carbocycles. The fourth-order valence-corrected chi connectivity index (χ4v) is 2.96. The number of nitrogens with one attached hydrogen (secondary N) is 1. The first-order valence-electron chi connectivity index (χ1n) is 5.43. The Morgan fingerprint density at radius 1 is 1.38 bits per heavy atom. The summed E-state index contributed by atoms with van der Waals surface area (Å²) in [6.45, 7) is 1.25. The van der Waals surface area contributed by atoms with Gasteiger partial charge in [-0.05, 0) is 30.6 Å². The average molecular weight is 261 g/mol. The van der Waals surface area contributed by atoms with Crippen molar-refractivity contribution in [2.45, 2.75) is 30.6 Å². The van der Waals surface area contributed by atoms with Crippen LogP contribution in [0.1, 0.15) is 25.7 Å². The van der Waals surface area contributed by atoms with Crippen LogP contribution in [-0.2, 0) is 0 Å². The number of nitrogens with two attached hydrogens (primary N) is 1. The molecule has 0 bridgehead atoms. The first kappa shape index (κ1) is 13.6. The second-order valence-electron chi connectivity index (χ2n) is 3.49. The van der Waals surface area contributed by atoms with E-state index in [-0.39, 0.29) is 0 Å². The Labute approximate surface area is 105 Å². The molecule has 0 aliphatic carbocycles. The number of hydrogen-bond acceptors (Lipinski definition) is 6. The van der Waals surface area contributed by atoms with Crippen LogP contribution >= 0.6 is 23.3 Å². The number of nitrogens with zero attached hydrogens (tertiary/aromatic N) is 1. The molecule has 16 heavy (non-hydrogen) atoms. The molecule has 4 nitrogen and oxygen atoms in total. The van der Waals surface area contributed by atoms with E-state index in [0.29, 0.717) is 12.4 Å². The van der Waals surface area contributed by atoms with E-state index in [1.54, 1.807) is 11.8 Å². The van der Waals surface area contributed by atoms with Crippen molar-refractivity contribution >= 4 is 34.1 Å². The fraction of sp³-hybridized carbons (Fsp3) is 0.700. The van der Waals surface area contributed by atoms with Crippen LogP contribution in [0, 0.1) is 0 Å². The Morgan fingerprint density at radius 2 is 2.12 bits per heavy atom. The van der Waals surface area contributed by atoms with E-state index in [9.17, 15) is 0 Å². The van der Waals surface area contributed by atoms with Crippen molar-refractivity contribution < 1.29 is 5.11 Å². The molecule has 0 atom stereocenters. The fourth-order valence-electron chi connectivity index (χ4n) is 1.40. The minimum absolute atomic E-state index is 0.301. The highest BCUT2D eigenvalue weighted by atomic mass is 32.2. The van der Waals surface area contributed by atoms with E-state index < -0.39 is 0 Å². The van der Waals surface area contributed by atoms with Crippen molar-refractivity contribution in [3.63, 3.8) is 0 Å². The van der Waals surface area contributed by atoms with Crippen LogP contribution in [0.15, 0.2) is 4.90 Å². The maximum absolute atomic E-state index is 8.63. The Morgan fingerprint density at radius 3 is 2.81 bits per heavy atom.